The van der Waals surface area contributed by atoms with Gasteiger partial charge in [0.15, 0.2) is 0 Å². The van der Waals surface area contributed by atoms with Gasteiger partial charge in [0, 0.05) is 0 Å². The lowest BCUT2D eigenvalue weighted by Gasteiger charge is -2.11. The van der Waals surface area contributed by atoms with Crippen molar-refractivity contribution in [2.45, 2.75) is 86.0 Å². The predicted octanol–water partition coefficient (Wildman–Crippen LogP) is 8.03. The molecule has 0 fully saturated rings. The fourth-order valence-corrected chi connectivity index (χ4v) is 2.47. The highest BCUT2D eigenvalue weighted by atomic mass is 14.1. The van der Waals surface area contributed by atoms with E-state index in [9.17, 15) is 0 Å². The molecule has 0 rings (SSSR count). The van der Waals surface area contributed by atoms with Crippen molar-refractivity contribution in [3.05, 3.63) is 48.1 Å². The Hall–Kier alpha value is -1.04. The number of hydrogen-bond acceptors (Lipinski definition) is 0. The molecule has 1 unspecified atom stereocenters. The van der Waals surface area contributed by atoms with E-state index in [0.717, 1.165) is 24.7 Å². The number of unbranched alkanes of at least 4 members (excludes halogenated alkanes) is 2. The molecule has 0 aromatic carbocycles. The van der Waals surface area contributed by atoms with Gasteiger partial charge in [-0.25, -0.2) is 0 Å². The first kappa shape index (κ1) is 22.0. The molecule has 0 aromatic rings. The van der Waals surface area contributed by atoms with Crippen molar-refractivity contribution in [1.82, 2.24) is 0 Å². The Morgan fingerprint density at radius 2 is 1.74 bits per heavy atom. The standard InChI is InChI=1S/C23H40/c1-7-10-11-12-16-23(19-18-20(4)5)22(14-8-2)17-13-15-21(6)9-3/h7,13-14,17,19-21H,1,8-12,15-16,18H2,2-6H3. The van der Waals surface area contributed by atoms with Crippen LogP contribution in [0.2, 0.25) is 0 Å². The fraction of sp³-hybridized carbons (Fsp3) is 0.652. The largest absolute Gasteiger partial charge is 0.103 e. The zero-order valence-electron chi connectivity index (χ0n) is 16.4. The molecule has 0 N–H and O–H groups in total. The van der Waals surface area contributed by atoms with Crippen molar-refractivity contribution in [2.24, 2.45) is 11.8 Å². The highest BCUT2D eigenvalue weighted by Crippen LogP contribution is 2.23. The van der Waals surface area contributed by atoms with Crippen LogP contribution in [0.5, 0.6) is 0 Å². The van der Waals surface area contributed by atoms with E-state index < -0.39 is 0 Å². The smallest absolute Gasteiger partial charge is 0.0271 e. The van der Waals surface area contributed by atoms with Crippen LogP contribution in [0.1, 0.15) is 86.0 Å². The molecular formula is C23H40. The second kappa shape index (κ2) is 14.5. The van der Waals surface area contributed by atoms with E-state index in [1.807, 2.05) is 6.08 Å². The summed E-state index contributed by atoms with van der Waals surface area (Å²) in [5.41, 5.74) is 3.00. The summed E-state index contributed by atoms with van der Waals surface area (Å²) in [6.45, 7) is 15.3. The molecule has 0 heterocycles. The molecule has 1 atom stereocenters. The highest BCUT2D eigenvalue weighted by molar-refractivity contribution is 5.39. The van der Waals surface area contributed by atoms with Crippen LogP contribution in [-0.4, -0.2) is 0 Å². The minimum absolute atomic E-state index is 0.727. The molecule has 23 heavy (non-hydrogen) atoms. The minimum Gasteiger partial charge on any atom is -0.103 e. The molecular weight excluding hydrogens is 276 g/mol. The van der Waals surface area contributed by atoms with Gasteiger partial charge in [0.25, 0.3) is 0 Å². The lowest BCUT2D eigenvalue weighted by atomic mass is 9.94. The molecule has 0 aliphatic carbocycles. The lowest BCUT2D eigenvalue weighted by molar-refractivity contribution is 0.572. The molecule has 0 radical (unpaired) electrons. The molecule has 0 spiro atoms. The first-order chi connectivity index (χ1) is 11.0. The van der Waals surface area contributed by atoms with Gasteiger partial charge in [0.05, 0.1) is 0 Å². The number of hydrogen-bond donors (Lipinski definition) is 0. The van der Waals surface area contributed by atoms with Crippen LogP contribution in [0.15, 0.2) is 48.1 Å². The maximum absolute atomic E-state index is 3.83. The molecule has 0 saturated heterocycles. The van der Waals surface area contributed by atoms with Gasteiger partial charge in [0.1, 0.15) is 0 Å². The molecule has 0 aliphatic heterocycles. The molecule has 0 aromatic heterocycles. The molecule has 0 heteroatoms. The van der Waals surface area contributed by atoms with Crippen LogP contribution in [0.4, 0.5) is 0 Å². The van der Waals surface area contributed by atoms with Crippen molar-refractivity contribution in [1.29, 1.82) is 0 Å². The zero-order chi connectivity index (χ0) is 17.5. The van der Waals surface area contributed by atoms with Crippen LogP contribution >= 0.6 is 0 Å². The Morgan fingerprint density at radius 3 is 2.30 bits per heavy atom. The van der Waals surface area contributed by atoms with E-state index in [4.69, 9.17) is 0 Å². The second-order valence-electron chi connectivity index (χ2n) is 7.11. The average molecular weight is 317 g/mol. The second-order valence-corrected chi connectivity index (χ2v) is 7.11. The Balaban J connectivity index is 4.96. The van der Waals surface area contributed by atoms with E-state index in [1.54, 1.807) is 5.57 Å². The third kappa shape index (κ3) is 12.1. The summed E-state index contributed by atoms with van der Waals surface area (Å²) in [5, 5.41) is 0. The lowest BCUT2D eigenvalue weighted by Crippen LogP contribution is -1.93. The van der Waals surface area contributed by atoms with Crippen molar-refractivity contribution in [3.8, 4) is 0 Å². The highest BCUT2D eigenvalue weighted by Gasteiger charge is 2.04. The maximum Gasteiger partial charge on any atom is -0.0271 e. The van der Waals surface area contributed by atoms with E-state index in [-0.39, 0.29) is 0 Å². The number of allylic oxidation sites excluding steroid dienone is 7. The van der Waals surface area contributed by atoms with Gasteiger partial charge >= 0.3 is 0 Å². The quantitative estimate of drug-likeness (QED) is 0.183. The summed E-state index contributed by atoms with van der Waals surface area (Å²) >= 11 is 0. The Morgan fingerprint density at radius 1 is 1.00 bits per heavy atom. The Labute approximate surface area is 146 Å². The average Bonchev–Trinajstić information content (AvgIpc) is 2.53. The van der Waals surface area contributed by atoms with Crippen LogP contribution in [0, 0.1) is 11.8 Å². The van der Waals surface area contributed by atoms with Gasteiger partial charge in [-0.05, 0) is 67.9 Å². The van der Waals surface area contributed by atoms with Gasteiger partial charge in [-0.2, -0.15) is 0 Å². The summed E-state index contributed by atoms with van der Waals surface area (Å²) in [6, 6.07) is 0. The van der Waals surface area contributed by atoms with Crippen molar-refractivity contribution in [3.63, 3.8) is 0 Å². The summed E-state index contributed by atoms with van der Waals surface area (Å²) in [7, 11) is 0. The molecule has 132 valence electrons. The number of rotatable bonds is 13. The summed E-state index contributed by atoms with van der Waals surface area (Å²) in [4.78, 5) is 0. The van der Waals surface area contributed by atoms with Crippen LogP contribution in [0.25, 0.3) is 0 Å². The van der Waals surface area contributed by atoms with Gasteiger partial charge in [-0.1, -0.05) is 71.4 Å². The van der Waals surface area contributed by atoms with E-state index >= 15 is 0 Å². The van der Waals surface area contributed by atoms with Gasteiger partial charge in [0.2, 0.25) is 0 Å². The van der Waals surface area contributed by atoms with Crippen molar-refractivity contribution in [2.75, 3.05) is 0 Å². The van der Waals surface area contributed by atoms with Crippen LogP contribution in [0.3, 0.4) is 0 Å². The van der Waals surface area contributed by atoms with Crippen LogP contribution in [-0.2, 0) is 0 Å². The van der Waals surface area contributed by atoms with E-state index in [1.165, 1.54) is 44.1 Å². The van der Waals surface area contributed by atoms with Crippen molar-refractivity contribution >= 4 is 0 Å². The van der Waals surface area contributed by atoms with E-state index in [2.05, 4.69) is 65.5 Å². The van der Waals surface area contributed by atoms with Crippen LogP contribution < -0.4 is 0 Å². The zero-order valence-corrected chi connectivity index (χ0v) is 16.4. The fourth-order valence-electron chi connectivity index (χ4n) is 2.47. The first-order valence-electron chi connectivity index (χ1n) is 9.72. The minimum atomic E-state index is 0.727. The van der Waals surface area contributed by atoms with Gasteiger partial charge in [-0.15, -0.1) is 6.58 Å². The maximum atomic E-state index is 3.83. The normalized spacial score (nSPS) is 14.7. The molecule has 0 bridgehead atoms. The van der Waals surface area contributed by atoms with Gasteiger partial charge < -0.3 is 0 Å². The predicted molar refractivity (Wildman–Crippen MR) is 108 cm³/mol. The molecule has 0 nitrogen and oxygen atoms in total. The van der Waals surface area contributed by atoms with E-state index in [0.29, 0.717) is 0 Å². The Kier molecular flexibility index (Phi) is 13.9. The topological polar surface area (TPSA) is 0 Å². The molecule has 0 aliphatic rings. The monoisotopic (exact) mass is 316 g/mol. The Bertz CT molecular complexity index is 379. The van der Waals surface area contributed by atoms with Gasteiger partial charge in [-0.3, -0.25) is 0 Å². The summed E-state index contributed by atoms with van der Waals surface area (Å²) in [5.74, 6) is 1.51. The molecule has 0 saturated carbocycles. The first-order valence-corrected chi connectivity index (χ1v) is 9.72. The summed E-state index contributed by atoms with van der Waals surface area (Å²) < 4.78 is 0. The third-order valence-corrected chi connectivity index (χ3v) is 4.27. The van der Waals surface area contributed by atoms with Crippen molar-refractivity contribution < 1.29 is 0 Å². The molecule has 0 amide bonds. The SMILES string of the molecule is C=CCCCCC(=CCC(C)C)C(C=CCC(C)CC)=CCC. The summed E-state index contributed by atoms with van der Waals surface area (Å²) in [6.07, 6.45) is 21.2. The third-order valence-electron chi connectivity index (χ3n) is 4.27.